The lowest BCUT2D eigenvalue weighted by Gasteiger charge is -2.13. The number of hydrogen-bond donors (Lipinski definition) is 2. The topological polar surface area (TPSA) is 85.9 Å². The Balaban J connectivity index is 3.49. The molecule has 0 aliphatic heterocycles. The highest BCUT2D eigenvalue weighted by Gasteiger charge is 2.10. The number of ether oxygens (including phenoxy) is 3. The molecule has 0 saturated heterocycles. The number of methoxy groups -OCH3 is 1. The van der Waals surface area contributed by atoms with Gasteiger partial charge in [-0.05, 0) is 13.8 Å². The molecule has 7 heteroatoms. The Morgan fingerprint density at radius 2 is 1.95 bits per heavy atom. The van der Waals surface area contributed by atoms with Crippen molar-refractivity contribution >= 4 is 11.9 Å². The van der Waals surface area contributed by atoms with Gasteiger partial charge in [0.25, 0.3) is 0 Å². The molecule has 0 saturated carbocycles. The minimum atomic E-state index is -0.382. The molecule has 0 aliphatic rings. The molecule has 1 atom stereocenters. The van der Waals surface area contributed by atoms with Crippen molar-refractivity contribution in [2.75, 3.05) is 46.6 Å². The Labute approximate surface area is 114 Å². The van der Waals surface area contributed by atoms with Crippen LogP contribution in [0.5, 0.6) is 0 Å². The molecule has 7 nitrogen and oxygen atoms in total. The molecular formula is C12H24N2O5. The Kier molecular flexibility index (Phi) is 11.1. The molecule has 0 aromatic carbocycles. The van der Waals surface area contributed by atoms with Gasteiger partial charge in [0.05, 0.1) is 25.9 Å². The van der Waals surface area contributed by atoms with Gasteiger partial charge < -0.3 is 24.8 Å². The van der Waals surface area contributed by atoms with Gasteiger partial charge in [-0.3, -0.25) is 4.79 Å². The fraction of sp³-hybridized carbons (Fsp3) is 0.833. The molecule has 1 amide bonds. The first kappa shape index (κ1) is 17.8. The number of hydrogen-bond acceptors (Lipinski definition) is 6. The summed E-state index contributed by atoms with van der Waals surface area (Å²) in [6.45, 7) is 5.58. The Bertz CT molecular complexity index is 261. The van der Waals surface area contributed by atoms with Crippen molar-refractivity contribution in [2.45, 2.75) is 19.9 Å². The normalized spacial score (nSPS) is 11.9. The Morgan fingerprint density at radius 3 is 2.58 bits per heavy atom. The molecule has 112 valence electrons. The first-order valence-corrected chi connectivity index (χ1v) is 6.35. The maximum absolute atomic E-state index is 11.5. The fourth-order valence-electron chi connectivity index (χ4n) is 1.23. The van der Waals surface area contributed by atoms with E-state index in [1.165, 1.54) is 0 Å². The first-order valence-electron chi connectivity index (χ1n) is 6.35. The molecule has 19 heavy (non-hydrogen) atoms. The summed E-state index contributed by atoms with van der Waals surface area (Å²) in [5, 5.41) is 5.70. The maximum atomic E-state index is 11.5. The molecule has 1 unspecified atom stereocenters. The first-order chi connectivity index (χ1) is 9.11. The molecule has 2 N–H and O–H groups in total. The van der Waals surface area contributed by atoms with E-state index in [2.05, 4.69) is 10.6 Å². The van der Waals surface area contributed by atoms with E-state index >= 15 is 0 Å². The second-order valence-corrected chi connectivity index (χ2v) is 3.82. The van der Waals surface area contributed by atoms with Crippen LogP contribution in [0.2, 0.25) is 0 Å². The van der Waals surface area contributed by atoms with Crippen LogP contribution in [0.3, 0.4) is 0 Å². The van der Waals surface area contributed by atoms with Crippen molar-refractivity contribution in [2.24, 2.45) is 0 Å². The molecular weight excluding hydrogens is 252 g/mol. The van der Waals surface area contributed by atoms with Crippen molar-refractivity contribution in [1.82, 2.24) is 10.6 Å². The van der Waals surface area contributed by atoms with E-state index in [1.54, 1.807) is 21.0 Å². The molecule has 0 spiro atoms. The largest absolute Gasteiger partial charge is 0.464 e. The van der Waals surface area contributed by atoms with Gasteiger partial charge in [-0.15, -0.1) is 0 Å². The maximum Gasteiger partial charge on any atom is 0.332 e. The van der Waals surface area contributed by atoms with E-state index in [0.717, 1.165) is 0 Å². The van der Waals surface area contributed by atoms with Crippen LogP contribution in [0.25, 0.3) is 0 Å². The highest BCUT2D eigenvalue weighted by atomic mass is 16.6. The van der Waals surface area contributed by atoms with E-state index in [9.17, 15) is 9.59 Å². The third kappa shape index (κ3) is 10.4. The highest BCUT2D eigenvalue weighted by molar-refractivity contribution is 5.81. The smallest absolute Gasteiger partial charge is 0.332 e. The van der Waals surface area contributed by atoms with Crippen LogP contribution in [0.15, 0.2) is 0 Å². The molecule has 0 heterocycles. The second-order valence-electron chi connectivity index (χ2n) is 3.82. The van der Waals surface area contributed by atoms with Gasteiger partial charge in [0.2, 0.25) is 5.91 Å². The number of rotatable bonds is 11. The van der Waals surface area contributed by atoms with Crippen molar-refractivity contribution in [3.63, 3.8) is 0 Å². The lowest BCUT2D eigenvalue weighted by Crippen LogP contribution is -2.44. The number of nitrogens with one attached hydrogen (secondary N) is 2. The summed E-state index contributed by atoms with van der Waals surface area (Å²) in [6.07, 6.45) is 0. The minimum absolute atomic E-state index is 0.0655. The molecule has 0 aliphatic carbocycles. The van der Waals surface area contributed by atoms with Crippen molar-refractivity contribution < 1.29 is 23.8 Å². The van der Waals surface area contributed by atoms with Crippen LogP contribution in [-0.2, 0) is 23.8 Å². The van der Waals surface area contributed by atoms with Crippen LogP contribution in [0, 0.1) is 0 Å². The lowest BCUT2D eigenvalue weighted by atomic mass is 10.3. The highest BCUT2D eigenvalue weighted by Crippen LogP contribution is 1.84. The minimum Gasteiger partial charge on any atom is -0.464 e. The van der Waals surface area contributed by atoms with E-state index in [1.807, 2.05) is 0 Å². The van der Waals surface area contributed by atoms with Crippen LogP contribution in [-0.4, -0.2) is 64.5 Å². The number of esters is 1. The quantitative estimate of drug-likeness (QED) is 0.384. The van der Waals surface area contributed by atoms with Gasteiger partial charge in [0.1, 0.15) is 6.61 Å². The second kappa shape index (κ2) is 11.9. The van der Waals surface area contributed by atoms with E-state index in [0.29, 0.717) is 32.9 Å². The zero-order chi connectivity index (χ0) is 14.5. The van der Waals surface area contributed by atoms with Crippen LogP contribution in [0.4, 0.5) is 0 Å². The van der Waals surface area contributed by atoms with Gasteiger partial charge in [0.15, 0.2) is 0 Å². The average molecular weight is 276 g/mol. The number of carbonyl (C=O) groups is 2. The molecule has 0 aromatic rings. The SMILES string of the molecule is CCOC(=O)COCCNC(C)C(=O)NCCOC. The van der Waals surface area contributed by atoms with E-state index in [4.69, 9.17) is 14.2 Å². The van der Waals surface area contributed by atoms with Gasteiger partial charge in [-0.1, -0.05) is 0 Å². The summed E-state index contributed by atoms with van der Waals surface area (Å²) in [5.74, 6) is -0.477. The predicted octanol–water partition coefficient (Wildman–Crippen LogP) is -0.693. The zero-order valence-electron chi connectivity index (χ0n) is 11.9. The van der Waals surface area contributed by atoms with Crippen molar-refractivity contribution in [1.29, 1.82) is 0 Å². The van der Waals surface area contributed by atoms with E-state index in [-0.39, 0.29) is 24.5 Å². The van der Waals surface area contributed by atoms with Crippen LogP contribution >= 0.6 is 0 Å². The molecule has 0 radical (unpaired) electrons. The Hall–Kier alpha value is -1.18. The van der Waals surface area contributed by atoms with Crippen LogP contribution < -0.4 is 10.6 Å². The van der Waals surface area contributed by atoms with Gasteiger partial charge in [0, 0.05) is 20.2 Å². The average Bonchev–Trinajstić information content (AvgIpc) is 2.38. The summed E-state index contributed by atoms with van der Waals surface area (Å²) in [4.78, 5) is 22.5. The summed E-state index contributed by atoms with van der Waals surface area (Å²) < 4.78 is 14.6. The van der Waals surface area contributed by atoms with Crippen molar-refractivity contribution in [3.05, 3.63) is 0 Å². The standard InChI is InChI=1S/C12H24N2O5/c1-4-19-11(15)9-18-8-6-13-10(2)12(16)14-5-7-17-3/h10,13H,4-9H2,1-3H3,(H,14,16). The lowest BCUT2D eigenvalue weighted by molar-refractivity contribution is -0.148. The summed E-state index contributed by atoms with van der Waals surface area (Å²) in [5.41, 5.74) is 0. The summed E-state index contributed by atoms with van der Waals surface area (Å²) in [7, 11) is 1.58. The molecule has 0 aromatic heterocycles. The number of carbonyl (C=O) groups excluding carboxylic acids is 2. The zero-order valence-corrected chi connectivity index (χ0v) is 11.9. The third-order valence-corrected chi connectivity index (χ3v) is 2.22. The Morgan fingerprint density at radius 1 is 1.21 bits per heavy atom. The van der Waals surface area contributed by atoms with Gasteiger partial charge >= 0.3 is 5.97 Å². The monoisotopic (exact) mass is 276 g/mol. The van der Waals surface area contributed by atoms with Crippen LogP contribution in [0.1, 0.15) is 13.8 Å². The fourth-order valence-corrected chi connectivity index (χ4v) is 1.23. The number of amides is 1. The summed E-state index contributed by atoms with van der Waals surface area (Å²) in [6, 6.07) is -0.317. The van der Waals surface area contributed by atoms with Gasteiger partial charge in [-0.25, -0.2) is 4.79 Å². The molecule has 0 bridgehead atoms. The third-order valence-electron chi connectivity index (χ3n) is 2.22. The van der Waals surface area contributed by atoms with Gasteiger partial charge in [-0.2, -0.15) is 0 Å². The predicted molar refractivity (Wildman–Crippen MR) is 69.8 cm³/mol. The van der Waals surface area contributed by atoms with E-state index < -0.39 is 0 Å². The summed E-state index contributed by atoms with van der Waals surface area (Å²) >= 11 is 0. The molecule has 0 rings (SSSR count). The van der Waals surface area contributed by atoms with Crippen molar-refractivity contribution in [3.8, 4) is 0 Å². The molecule has 0 fully saturated rings.